The molecule has 3 heteroatoms. The van der Waals surface area contributed by atoms with Gasteiger partial charge in [0.2, 0.25) is 0 Å². The van der Waals surface area contributed by atoms with Gasteiger partial charge in [0.1, 0.15) is 0 Å². The molecule has 0 aliphatic carbocycles. The quantitative estimate of drug-likeness (QED) is 0.894. The van der Waals surface area contributed by atoms with Gasteiger partial charge in [-0.15, -0.1) is 0 Å². The number of hydrogen-bond acceptors (Lipinski definition) is 2. The molecule has 0 bridgehead atoms. The molecule has 0 radical (unpaired) electrons. The molecule has 1 aromatic carbocycles. The summed E-state index contributed by atoms with van der Waals surface area (Å²) in [5.74, 6) is 0. The zero-order valence-electron chi connectivity index (χ0n) is 11.3. The van der Waals surface area contributed by atoms with E-state index in [4.69, 9.17) is 17.3 Å². The van der Waals surface area contributed by atoms with Crippen LogP contribution in [0.3, 0.4) is 0 Å². The van der Waals surface area contributed by atoms with Crippen LogP contribution < -0.4 is 5.73 Å². The molecule has 1 heterocycles. The van der Waals surface area contributed by atoms with Crippen molar-refractivity contribution in [1.29, 1.82) is 0 Å². The van der Waals surface area contributed by atoms with Gasteiger partial charge in [0.05, 0.1) is 10.5 Å². The number of hydrogen-bond donors (Lipinski definition) is 1. The van der Waals surface area contributed by atoms with E-state index in [0.717, 1.165) is 33.6 Å². The fourth-order valence-electron chi connectivity index (χ4n) is 2.28. The number of pyridine rings is 1. The average Bonchev–Trinajstić information content (AvgIpc) is 2.20. The maximum Gasteiger partial charge on any atom is 0.0752 e. The number of rotatable bonds is 2. The normalized spacial score (nSPS) is 12.1. The highest BCUT2D eigenvalue weighted by Crippen LogP contribution is 2.30. The highest BCUT2D eigenvalue weighted by Gasteiger charge is 2.17. The molecule has 0 aliphatic heterocycles. The molecule has 0 aliphatic rings. The highest BCUT2D eigenvalue weighted by atomic mass is 35.5. The number of halogens is 1. The topological polar surface area (TPSA) is 38.9 Å². The van der Waals surface area contributed by atoms with Crippen molar-refractivity contribution in [1.82, 2.24) is 4.98 Å². The van der Waals surface area contributed by atoms with E-state index in [1.807, 2.05) is 32.9 Å². The maximum atomic E-state index is 6.33. The summed E-state index contributed by atoms with van der Waals surface area (Å²) in [6.07, 6.45) is 0.788. The molecule has 2 N–H and O–H groups in total. The third-order valence-electron chi connectivity index (χ3n) is 2.97. The number of benzene rings is 1. The number of nitrogens with two attached hydrogens (primary N) is 1. The summed E-state index contributed by atoms with van der Waals surface area (Å²) in [6.45, 7) is 8.12. The number of nitrogens with zero attached hydrogens (tertiary/aromatic N) is 1. The predicted molar refractivity (Wildman–Crippen MR) is 78.2 cm³/mol. The van der Waals surface area contributed by atoms with Gasteiger partial charge < -0.3 is 5.73 Å². The van der Waals surface area contributed by atoms with Crippen molar-refractivity contribution in [2.24, 2.45) is 5.73 Å². The fraction of sp³-hybridized carbons (Fsp3) is 0.400. The molecule has 0 spiro atoms. The minimum absolute atomic E-state index is 0.256. The number of aryl methyl sites for hydroxylation is 2. The SMILES string of the molecule is Cc1cc(CC(C)(C)N)c2c(Cl)ccc(C)c2n1. The second-order valence-electron chi connectivity index (χ2n) is 5.68. The number of fused-ring (bicyclic) bond motifs is 1. The van der Waals surface area contributed by atoms with E-state index in [1.54, 1.807) is 0 Å². The Bertz CT molecular complexity index is 597. The molecule has 0 atom stereocenters. The van der Waals surface area contributed by atoms with Gasteiger partial charge in [-0.1, -0.05) is 17.7 Å². The first kappa shape index (κ1) is 13.3. The lowest BCUT2D eigenvalue weighted by atomic mass is 9.92. The third-order valence-corrected chi connectivity index (χ3v) is 3.28. The molecule has 96 valence electrons. The average molecular weight is 263 g/mol. The Hall–Kier alpha value is -1.12. The van der Waals surface area contributed by atoms with Crippen molar-refractivity contribution in [3.8, 4) is 0 Å². The van der Waals surface area contributed by atoms with E-state index in [1.165, 1.54) is 5.56 Å². The third kappa shape index (κ3) is 2.65. The first-order chi connectivity index (χ1) is 8.28. The minimum Gasteiger partial charge on any atom is -0.325 e. The van der Waals surface area contributed by atoms with Crippen LogP contribution in [0, 0.1) is 13.8 Å². The van der Waals surface area contributed by atoms with E-state index in [0.29, 0.717) is 0 Å². The zero-order valence-corrected chi connectivity index (χ0v) is 12.1. The molecular formula is C15H19ClN2. The molecular weight excluding hydrogens is 244 g/mol. The van der Waals surface area contributed by atoms with Crippen LogP contribution in [0.5, 0.6) is 0 Å². The molecule has 1 aromatic heterocycles. The smallest absolute Gasteiger partial charge is 0.0752 e. The summed E-state index contributed by atoms with van der Waals surface area (Å²) >= 11 is 6.33. The van der Waals surface area contributed by atoms with E-state index < -0.39 is 0 Å². The summed E-state index contributed by atoms with van der Waals surface area (Å²) in [6, 6.07) is 6.03. The molecule has 2 aromatic rings. The lowest BCUT2D eigenvalue weighted by molar-refractivity contribution is 0.518. The van der Waals surface area contributed by atoms with E-state index in [-0.39, 0.29) is 5.54 Å². The summed E-state index contributed by atoms with van der Waals surface area (Å²) < 4.78 is 0. The van der Waals surface area contributed by atoms with Crippen LogP contribution >= 0.6 is 11.6 Å². The number of aromatic nitrogens is 1. The van der Waals surface area contributed by atoms with E-state index in [2.05, 4.69) is 18.0 Å². The van der Waals surface area contributed by atoms with Crippen LogP contribution in [0.1, 0.15) is 30.7 Å². The van der Waals surface area contributed by atoms with Gasteiger partial charge in [-0.25, -0.2) is 0 Å². The van der Waals surface area contributed by atoms with Crippen molar-refractivity contribution in [3.05, 3.63) is 40.0 Å². The van der Waals surface area contributed by atoms with Crippen molar-refractivity contribution >= 4 is 22.5 Å². The largest absolute Gasteiger partial charge is 0.325 e. The van der Waals surface area contributed by atoms with Gasteiger partial charge in [0.25, 0.3) is 0 Å². The Morgan fingerprint density at radius 2 is 1.94 bits per heavy atom. The summed E-state index contributed by atoms with van der Waals surface area (Å²) in [7, 11) is 0. The van der Waals surface area contributed by atoms with E-state index >= 15 is 0 Å². The van der Waals surface area contributed by atoms with Crippen molar-refractivity contribution < 1.29 is 0 Å². The standard InChI is InChI=1S/C15H19ClN2/c1-9-5-6-12(16)13-11(8-15(3,4)17)7-10(2)18-14(9)13/h5-7H,8,17H2,1-4H3. The maximum absolute atomic E-state index is 6.33. The summed E-state index contributed by atoms with van der Waals surface area (Å²) in [4.78, 5) is 4.60. The molecule has 0 saturated carbocycles. The minimum atomic E-state index is -0.256. The van der Waals surface area contributed by atoms with Crippen molar-refractivity contribution in [3.63, 3.8) is 0 Å². The Morgan fingerprint density at radius 3 is 2.56 bits per heavy atom. The van der Waals surface area contributed by atoms with Gasteiger partial charge in [-0.05, 0) is 57.4 Å². The van der Waals surface area contributed by atoms with Gasteiger partial charge in [-0.3, -0.25) is 4.98 Å². The Labute approximate surface area is 113 Å². The van der Waals surface area contributed by atoms with Gasteiger partial charge in [0.15, 0.2) is 0 Å². The molecule has 0 amide bonds. The predicted octanol–water partition coefficient (Wildman–Crippen LogP) is 3.78. The Balaban J connectivity index is 2.76. The van der Waals surface area contributed by atoms with E-state index in [9.17, 15) is 0 Å². The second kappa shape index (κ2) is 4.52. The molecule has 0 saturated heterocycles. The molecule has 0 fully saturated rings. The van der Waals surface area contributed by atoms with Crippen LogP contribution in [0.25, 0.3) is 10.9 Å². The van der Waals surface area contributed by atoms with Gasteiger partial charge >= 0.3 is 0 Å². The van der Waals surface area contributed by atoms with Crippen LogP contribution in [0.4, 0.5) is 0 Å². The summed E-state index contributed by atoms with van der Waals surface area (Å²) in [5, 5.41) is 1.79. The molecule has 2 nitrogen and oxygen atoms in total. The van der Waals surface area contributed by atoms with Crippen molar-refractivity contribution in [2.45, 2.75) is 39.7 Å². The Morgan fingerprint density at radius 1 is 1.28 bits per heavy atom. The monoisotopic (exact) mass is 262 g/mol. The fourth-order valence-corrected chi connectivity index (χ4v) is 2.56. The first-order valence-electron chi connectivity index (χ1n) is 6.12. The Kier molecular flexibility index (Phi) is 3.35. The lowest BCUT2D eigenvalue weighted by Gasteiger charge is -2.20. The van der Waals surface area contributed by atoms with Crippen LogP contribution in [-0.4, -0.2) is 10.5 Å². The second-order valence-corrected chi connectivity index (χ2v) is 6.08. The van der Waals surface area contributed by atoms with Gasteiger partial charge in [-0.2, -0.15) is 0 Å². The highest BCUT2D eigenvalue weighted by molar-refractivity contribution is 6.35. The van der Waals surface area contributed by atoms with Crippen LogP contribution in [-0.2, 0) is 6.42 Å². The summed E-state index contributed by atoms with van der Waals surface area (Å²) in [5.41, 5.74) is 10.2. The zero-order chi connectivity index (χ0) is 13.5. The van der Waals surface area contributed by atoms with Gasteiger partial charge in [0, 0.05) is 16.6 Å². The molecule has 18 heavy (non-hydrogen) atoms. The molecule has 2 rings (SSSR count). The van der Waals surface area contributed by atoms with Crippen LogP contribution in [0.2, 0.25) is 5.02 Å². The lowest BCUT2D eigenvalue weighted by Crippen LogP contribution is -2.34. The molecule has 0 unspecified atom stereocenters. The first-order valence-corrected chi connectivity index (χ1v) is 6.50. The van der Waals surface area contributed by atoms with Crippen molar-refractivity contribution in [2.75, 3.05) is 0 Å². The van der Waals surface area contributed by atoms with Crippen LogP contribution in [0.15, 0.2) is 18.2 Å².